The van der Waals surface area contributed by atoms with Crippen LogP contribution in [-0.2, 0) is 14.2 Å². The molecule has 0 radical (unpaired) electrons. The van der Waals surface area contributed by atoms with E-state index in [2.05, 4.69) is 22.9 Å². The molecule has 0 amide bonds. The van der Waals surface area contributed by atoms with Gasteiger partial charge in [-0.25, -0.2) is 0 Å². The minimum atomic E-state index is 0.0439. The normalized spacial score (nSPS) is 29.5. The van der Waals surface area contributed by atoms with Gasteiger partial charge in [-0.15, -0.1) is 0 Å². The van der Waals surface area contributed by atoms with Crippen molar-refractivity contribution in [1.82, 2.24) is 0 Å². The predicted octanol–water partition coefficient (Wildman–Crippen LogP) is 3.01. The number of ether oxygens (including phenoxy) is 3. The van der Waals surface area contributed by atoms with Crippen LogP contribution in [0.25, 0.3) is 0 Å². The Balaban J connectivity index is 2.17. The van der Waals surface area contributed by atoms with Crippen LogP contribution in [0.5, 0.6) is 0 Å². The average molecular weight is 309 g/mol. The first-order chi connectivity index (χ1) is 8.22. The van der Waals surface area contributed by atoms with Crippen molar-refractivity contribution in [3.05, 3.63) is 0 Å². The highest BCUT2D eigenvalue weighted by atomic mass is 79.9. The van der Waals surface area contributed by atoms with E-state index in [0.717, 1.165) is 17.7 Å². The maximum atomic E-state index is 6.06. The van der Waals surface area contributed by atoms with E-state index in [0.29, 0.717) is 26.4 Å². The van der Waals surface area contributed by atoms with Crippen LogP contribution in [0, 0.1) is 5.92 Å². The van der Waals surface area contributed by atoms with Crippen molar-refractivity contribution in [3.63, 3.8) is 0 Å². The van der Waals surface area contributed by atoms with Crippen molar-refractivity contribution in [1.29, 1.82) is 0 Å². The van der Waals surface area contributed by atoms with E-state index in [1.54, 1.807) is 7.11 Å². The van der Waals surface area contributed by atoms with Gasteiger partial charge in [0.25, 0.3) is 0 Å². The molecule has 2 unspecified atom stereocenters. The van der Waals surface area contributed by atoms with Crippen molar-refractivity contribution >= 4 is 15.9 Å². The fourth-order valence-electron chi connectivity index (χ4n) is 2.46. The molecule has 0 aliphatic heterocycles. The molecule has 0 aromatic heterocycles. The van der Waals surface area contributed by atoms with Crippen molar-refractivity contribution in [3.8, 4) is 0 Å². The third kappa shape index (κ3) is 5.69. The molecule has 0 aromatic carbocycles. The Labute approximate surface area is 113 Å². The minimum absolute atomic E-state index is 0.0439. The standard InChI is InChI=1S/C13H25BrO3/c1-12-4-3-5-13(10-12,11-14)17-9-8-16-7-6-15-2/h12H,3-11H2,1-2H3. The summed E-state index contributed by atoms with van der Waals surface area (Å²) >= 11 is 3.60. The van der Waals surface area contributed by atoms with E-state index < -0.39 is 0 Å². The van der Waals surface area contributed by atoms with Gasteiger partial charge in [0.2, 0.25) is 0 Å². The molecule has 2 atom stereocenters. The minimum Gasteiger partial charge on any atom is -0.382 e. The van der Waals surface area contributed by atoms with Crippen LogP contribution in [0.2, 0.25) is 0 Å². The molecule has 4 heteroatoms. The molecule has 0 bridgehead atoms. The van der Waals surface area contributed by atoms with Crippen LogP contribution < -0.4 is 0 Å². The summed E-state index contributed by atoms with van der Waals surface area (Å²) in [6.45, 7) is 4.96. The molecule has 0 N–H and O–H groups in total. The van der Waals surface area contributed by atoms with Gasteiger partial charge >= 0.3 is 0 Å². The molecule has 102 valence electrons. The quantitative estimate of drug-likeness (QED) is 0.509. The summed E-state index contributed by atoms with van der Waals surface area (Å²) in [4.78, 5) is 0. The zero-order valence-electron chi connectivity index (χ0n) is 11.0. The molecule has 17 heavy (non-hydrogen) atoms. The topological polar surface area (TPSA) is 27.7 Å². The largest absolute Gasteiger partial charge is 0.382 e. The molecular formula is C13H25BrO3. The summed E-state index contributed by atoms with van der Waals surface area (Å²) < 4.78 is 16.4. The smallest absolute Gasteiger partial charge is 0.0782 e. The monoisotopic (exact) mass is 308 g/mol. The molecule has 1 saturated carbocycles. The van der Waals surface area contributed by atoms with Crippen molar-refractivity contribution in [2.75, 3.05) is 38.9 Å². The van der Waals surface area contributed by atoms with Gasteiger partial charge in [0.05, 0.1) is 32.0 Å². The molecule has 0 spiro atoms. The van der Waals surface area contributed by atoms with Crippen LogP contribution in [0.4, 0.5) is 0 Å². The van der Waals surface area contributed by atoms with Gasteiger partial charge in [0, 0.05) is 12.4 Å². The number of halogens is 1. The van der Waals surface area contributed by atoms with Crippen molar-refractivity contribution in [2.45, 2.75) is 38.2 Å². The van der Waals surface area contributed by atoms with Crippen LogP contribution in [0.3, 0.4) is 0 Å². The Morgan fingerprint density at radius 3 is 2.65 bits per heavy atom. The lowest BCUT2D eigenvalue weighted by Crippen LogP contribution is -2.40. The maximum absolute atomic E-state index is 6.06. The maximum Gasteiger partial charge on any atom is 0.0782 e. The van der Waals surface area contributed by atoms with E-state index in [4.69, 9.17) is 14.2 Å². The third-order valence-electron chi connectivity index (χ3n) is 3.36. The lowest BCUT2D eigenvalue weighted by atomic mass is 9.80. The highest BCUT2D eigenvalue weighted by Gasteiger charge is 2.34. The second-order valence-corrected chi connectivity index (χ2v) is 5.53. The highest BCUT2D eigenvalue weighted by Crippen LogP contribution is 2.36. The average Bonchev–Trinajstić information content (AvgIpc) is 2.34. The number of alkyl halides is 1. The van der Waals surface area contributed by atoms with Crippen molar-refractivity contribution < 1.29 is 14.2 Å². The molecule has 0 saturated heterocycles. The molecule has 1 rings (SSSR count). The molecule has 1 aliphatic carbocycles. The van der Waals surface area contributed by atoms with E-state index >= 15 is 0 Å². The molecule has 0 heterocycles. The number of hydrogen-bond donors (Lipinski definition) is 0. The second-order valence-electron chi connectivity index (χ2n) is 4.97. The summed E-state index contributed by atoms with van der Waals surface area (Å²) in [7, 11) is 1.68. The van der Waals surface area contributed by atoms with E-state index in [1.165, 1.54) is 19.3 Å². The van der Waals surface area contributed by atoms with Crippen LogP contribution in [0.15, 0.2) is 0 Å². The number of methoxy groups -OCH3 is 1. The first-order valence-electron chi connectivity index (χ1n) is 6.49. The van der Waals surface area contributed by atoms with E-state index in [9.17, 15) is 0 Å². The molecular weight excluding hydrogens is 284 g/mol. The Morgan fingerprint density at radius 2 is 2.00 bits per heavy atom. The second kappa shape index (κ2) is 8.46. The zero-order chi connectivity index (χ0) is 12.6. The van der Waals surface area contributed by atoms with E-state index in [1.807, 2.05) is 0 Å². The van der Waals surface area contributed by atoms with E-state index in [-0.39, 0.29) is 5.60 Å². The molecule has 0 aromatic rings. The summed E-state index contributed by atoms with van der Waals surface area (Å²) in [6.07, 6.45) is 4.94. The number of rotatable bonds is 8. The Bertz CT molecular complexity index is 201. The summed E-state index contributed by atoms with van der Waals surface area (Å²) in [5.41, 5.74) is 0.0439. The first-order valence-corrected chi connectivity index (χ1v) is 7.61. The number of hydrogen-bond acceptors (Lipinski definition) is 3. The lowest BCUT2D eigenvalue weighted by Gasteiger charge is -2.38. The summed E-state index contributed by atoms with van der Waals surface area (Å²) in [5, 5.41) is 0.933. The van der Waals surface area contributed by atoms with Crippen LogP contribution >= 0.6 is 15.9 Å². The predicted molar refractivity (Wildman–Crippen MR) is 72.8 cm³/mol. The first kappa shape index (κ1) is 15.4. The molecule has 1 fully saturated rings. The van der Waals surface area contributed by atoms with Crippen molar-refractivity contribution in [2.24, 2.45) is 5.92 Å². The molecule has 1 aliphatic rings. The van der Waals surface area contributed by atoms with Gasteiger partial charge in [0.1, 0.15) is 0 Å². The van der Waals surface area contributed by atoms with Gasteiger partial charge in [-0.05, 0) is 18.8 Å². The van der Waals surface area contributed by atoms with Gasteiger partial charge in [-0.3, -0.25) is 0 Å². The zero-order valence-corrected chi connectivity index (χ0v) is 12.6. The highest BCUT2D eigenvalue weighted by molar-refractivity contribution is 9.09. The van der Waals surface area contributed by atoms with Gasteiger partial charge in [-0.1, -0.05) is 35.7 Å². The fraction of sp³-hybridized carbons (Fsp3) is 1.00. The van der Waals surface area contributed by atoms with Gasteiger partial charge < -0.3 is 14.2 Å². The third-order valence-corrected chi connectivity index (χ3v) is 4.38. The summed E-state index contributed by atoms with van der Waals surface area (Å²) in [5.74, 6) is 0.774. The van der Waals surface area contributed by atoms with Gasteiger partial charge in [-0.2, -0.15) is 0 Å². The fourth-order valence-corrected chi connectivity index (χ4v) is 3.14. The van der Waals surface area contributed by atoms with Gasteiger partial charge in [0.15, 0.2) is 0 Å². The SMILES string of the molecule is COCCOCCOC1(CBr)CCCC(C)C1. The van der Waals surface area contributed by atoms with Crippen LogP contribution in [-0.4, -0.2) is 44.5 Å². The Hall–Kier alpha value is 0.360. The summed E-state index contributed by atoms with van der Waals surface area (Å²) in [6, 6.07) is 0. The lowest BCUT2D eigenvalue weighted by molar-refractivity contribution is -0.0834. The Kier molecular flexibility index (Phi) is 7.67. The molecule has 3 nitrogen and oxygen atoms in total. The van der Waals surface area contributed by atoms with Crippen LogP contribution in [0.1, 0.15) is 32.6 Å². The Morgan fingerprint density at radius 1 is 1.24 bits per heavy atom.